The maximum Gasteiger partial charge on any atom is 0.407 e. The van der Waals surface area contributed by atoms with Crippen LogP contribution in [0.25, 0.3) is 22.2 Å². The monoisotopic (exact) mass is 471 g/mol. The second-order valence-corrected chi connectivity index (χ2v) is 8.58. The number of hydrogen-bond donors (Lipinski definition) is 2. The van der Waals surface area contributed by atoms with Gasteiger partial charge in [0.1, 0.15) is 24.0 Å². The summed E-state index contributed by atoms with van der Waals surface area (Å²) < 4.78 is 12.6. The Kier molecular flexibility index (Phi) is 5.86. The third-order valence-corrected chi connectivity index (χ3v) is 6.46. The lowest BCUT2D eigenvalue weighted by atomic mass is 9.98. The molecule has 1 aliphatic rings. The lowest BCUT2D eigenvalue weighted by Gasteiger charge is -2.17. The topological polar surface area (TPSA) is 103 Å². The summed E-state index contributed by atoms with van der Waals surface area (Å²) in [4.78, 5) is 29.0. The highest BCUT2D eigenvalue weighted by atomic mass is 16.5. The van der Waals surface area contributed by atoms with Crippen molar-refractivity contribution < 1.29 is 24.2 Å². The molecule has 178 valence electrons. The Labute approximate surface area is 202 Å². The summed E-state index contributed by atoms with van der Waals surface area (Å²) in [6.45, 7) is 0.113. The van der Waals surface area contributed by atoms with Crippen molar-refractivity contribution in [3.8, 4) is 16.9 Å². The van der Waals surface area contributed by atoms with Crippen molar-refractivity contribution in [3.63, 3.8) is 0 Å². The van der Waals surface area contributed by atoms with E-state index in [1.54, 1.807) is 13.3 Å². The smallest absolute Gasteiger partial charge is 0.407 e. The highest BCUT2D eigenvalue weighted by Gasteiger charge is 2.30. The van der Waals surface area contributed by atoms with Crippen molar-refractivity contribution in [1.82, 2.24) is 14.9 Å². The summed E-state index contributed by atoms with van der Waals surface area (Å²) >= 11 is 0. The number of aromatic nitrogens is 2. The number of carboxylic acid groups (broad SMARTS) is 1. The van der Waals surface area contributed by atoms with Gasteiger partial charge in [0.05, 0.1) is 13.3 Å². The van der Waals surface area contributed by atoms with E-state index in [1.807, 2.05) is 60.3 Å². The summed E-state index contributed by atoms with van der Waals surface area (Å²) in [5, 5.41) is 13.1. The number of amides is 1. The van der Waals surface area contributed by atoms with Gasteiger partial charge in [0.25, 0.3) is 0 Å². The predicted molar refractivity (Wildman–Crippen MR) is 131 cm³/mol. The second kappa shape index (κ2) is 9.13. The molecule has 0 saturated heterocycles. The van der Waals surface area contributed by atoms with Crippen LogP contribution in [0, 0.1) is 0 Å². The largest absolute Gasteiger partial charge is 0.495 e. The molecule has 35 heavy (non-hydrogen) atoms. The first-order valence-electron chi connectivity index (χ1n) is 11.3. The van der Waals surface area contributed by atoms with Crippen molar-refractivity contribution in [2.24, 2.45) is 7.05 Å². The van der Waals surface area contributed by atoms with Crippen molar-refractivity contribution in [2.75, 3.05) is 13.7 Å². The number of nitrogens with zero attached hydrogens (tertiary/aromatic N) is 2. The molecule has 0 radical (unpaired) electrons. The van der Waals surface area contributed by atoms with Gasteiger partial charge in [-0.05, 0) is 33.9 Å². The maximum atomic E-state index is 12.7. The van der Waals surface area contributed by atoms with E-state index in [4.69, 9.17) is 9.47 Å². The average Bonchev–Trinajstić information content (AvgIpc) is 3.36. The molecule has 1 amide bonds. The van der Waals surface area contributed by atoms with E-state index in [-0.39, 0.29) is 18.9 Å². The summed E-state index contributed by atoms with van der Waals surface area (Å²) in [5.74, 6) is -0.680. The number of rotatable bonds is 7. The first-order chi connectivity index (χ1) is 17.0. The van der Waals surface area contributed by atoms with E-state index in [0.717, 1.165) is 33.2 Å². The number of fused-ring (bicyclic) bond motifs is 4. The SMILES string of the molecule is COc1cnc2c(c1)c(C[C@H](NC(=O)OCC1c3ccccc3-c3ccccc31)C(=O)O)cn2C. The van der Waals surface area contributed by atoms with E-state index < -0.39 is 18.1 Å². The molecule has 2 aromatic heterocycles. The van der Waals surface area contributed by atoms with Gasteiger partial charge in [-0.2, -0.15) is 0 Å². The van der Waals surface area contributed by atoms with Gasteiger partial charge in [-0.15, -0.1) is 0 Å². The van der Waals surface area contributed by atoms with Crippen LogP contribution in [0.3, 0.4) is 0 Å². The van der Waals surface area contributed by atoms with Gasteiger partial charge < -0.3 is 24.5 Å². The van der Waals surface area contributed by atoms with Crippen LogP contribution >= 0.6 is 0 Å². The highest BCUT2D eigenvalue weighted by Crippen LogP contribution is 2.44. The quantitative estimate of drug-likeness (QED) is 0.420. The normalized spacial score (nSPS) is 13.2. The van der Waals surface area contributed by atoms with Crippen LogP contribution in [0.15, 0.2) is 67.0 Å². The number of ether oxygens (including phenoxy) is 2. The molecule has 0 unspecified atom stereocenters. The van der Waals surface area contributed by atoms with Crippen LogP contribution in [-0.2, 0) is 23.0 Å². The summed E-state index contributed by atoms with van der Waals surface area (Å²) in [6.07, 6.45) is 2.73. The molecule has 5 rings (SSSR count). The lowest BCUT2D eigenvalue weighted by Crippen LogP contribution is -2.42. The molecule has 1 aliphatic carbocycles. The van der Waals surface area contributed by atoms with E-state index in [0.29, 0.717) is 11.4 Å². The zero-order valence-electron chi connectivity index (χ0n) is 19.4. The number of carboxylic acids is 1. The lowest BCUT2D eigenvalue weighted by molar-refractivity contribution is -0.139. The fraction of sp³-hybridized carbons (Fsp3) is 0.222. The van der Waals surface area contributed by atoms with Gasteiger partial charge in [-0.25, -0.2) is 14.6 Å². The van der Waals surface area contributed by atoms with Crippen molar-refractivity contribution in [3.05, 3.63) is 83.7 Å². The van der Waals surface area contributed by atoms with E-state index >= 15 is 0 Å². The fourth-order valence-corrected chi connectivity index (χ4v) is 4.80. The first kappa shape index (κ1) is 22.5. The number of aryl methyl sites for hydroxylation is 1. The minimum absolute atomic E-state index is 0.0751. The maximum absolute atomic E-state index is 12.7. The summed E-state index contributed by atoms with van der Waals surface area (Å²) in [7, 11) is 3.38. The van der Waals surface area contributed by atoms with Crippen LogP contribution in [-0.4, -0.2) is 46.5 Å². The Hall–Kier alpha value is -4.33. The molecule has 0 fully saturated rings. The molecule has 1 atom stereocenters. The predicted octanol–water partition coefficient (Wildman–Crippen LogP) is 4.12. The number of alkyl carbamates (subject to hydrolysis) is 1. The molecule has 2 aromatic carbocycles. The molecule has 0 aliphatic heterocycles. The number of methoxy groups -OCH3 is 1. The molecule has 8 nitrogen and oxygen atoms in total. The van der Waals surface area contributed by atoms with Crippen LogP contribution in [0.1, 0.15) is 22.6 Å². The third kappa shape index (κ3) is 4.19. The van der Waals surface area contributed by atoms with Gasteiger partial charge in [0.2, 0.25) is 0 Å². The van der Waals surface area contributed by atoms with Gasteiger partial charge in [-0.1, -0.05) is 48.5 Å². The standard InChI is InChI=1S/C27H25N3O5/c1-30-14-16(22-12-17(34-2)13-28-25(22)30)11-24(26(31)32)29-27(33)35-15-23-20-9-5-3-7-18(20)19-8-4-6-10-21(19)23/h3-10,12-14,23-24H,11,15H2,1-2H3,(H,29,33)(H,31,32)/t24-/m0/s1. The Morgan fingerprint density at radius 1 is 1.11 bits per heavy atom. The fourth-order valence-electron chi connectivity index (χ4n) is 4.80. The Morgan fingerprint density at radius 2 is 1.77 bits per heavy atom. The minimum Gasteiger partial charge on any atom is -0.495 e. The molecule has 4 aromatic rings. The molecule has 0 spiro atoms. The average molecular weight is 472 g/mol. The molecule has 0 saturated carbocycles. The molecule has 2 heterocycles. The Morgan fingerprint density at radius 3 is 2.40 bits per heavy atom. The van der Waals surface area contributed by atoms with Crippen LogP contribution in [0.5, 0.6) is 5.75 Å². The number of aliphatic carboxylic acids is 1. The van der Waals surface area contributed by atoms with Crippen molar-refractivity contribution >= 4 is 23.1 Å². The molecule has 0 bridgehead atoms. The van der Waals surface area contributed by atoms with Gasteiger partial charge in [0, 0.05) is 31.0 Å². The summed E-state index contributed by atoms with van der Waals surface area (Å²) in [6, 6.07) is 16.7. The number of nitrogens with one attached hydrogen (secondary N) is 1. The third-order valence-electron chi connectivity index (χ3n) is 6.46. The van der Waals surface area contributed by atoms with Crippen LogP contribution in [0.2, 0.25) is 0 Å². The van der Waals surface area contributed by atoms with E-state index in [2.05, 4.69) is 22.4 Å². The Bertz CT molecular complexity index is 1380. The molecular formula is C27H25N3O5. The summed E-state index contributed by atoms with van der Waals surface area (Å²) in [5.41, 5.74) is 5.87. The minimum atomic E-state index is -1.16. The first-order valence-corrected chi connectivity index (χ1v) is 11.3. The van der Waals surface area contributed by atoms with Crippen LogP contribution < -0.4 is 10.1 Å². The van der Waals surface area contributed by atoms with E-state index in [1.165, 1.54) is 0 Å². The Balaban J connectivity index is 1.30. The van der Waals surface area contributed by atoms with Gasteiger partial charge in [-0.3, -0.25) is 0 Å². The van der Waals surface area contributed by atoms with Gasteiger partial charge in [0.15, 0.2) is 0 Å². The number of pyridine rings is 1. The second-order valence-electron chi connectivity index (χ2n) is 8.58. The van der Waals surface area contributed by atoms with E-state index in [9.17, 15) is 14.7 Å². The van der Waals surface area contributed by atoms with Crippen molar-refractivity contribution in [2.45, 2.75) is 18.4 Å². The van der Waals surface area contributed by atoms with Crippen LogP contribution in [0.4, 0.5) is 4.79 Å². The van der Waals surface area contributed by atoms with Crippen molar-refractivity contribution in [1.29, 1.82) is 0 Å². The number of hydrogen-bond acceptors (Lipinski definition) is 5. The zero-order valence-corrected chi connectivity index (χ0v) is 19.4. The highest BCUT2D eigenvalue weighted by molar-refractivity contribution is 5.85. The number of benzene rings is 2. The number of carbonyl (C=O) groups is 2. The number of carbonyl (C=O) groups excluding carboxylic acids is 1. The molecule has 8 heteroatoms. The zero-order chi connectivity index (χ0) is 24.5. The molecular weight excluding hydrogens is 446 g/mol. The van der Waals surface area contributed by atoms with Gasteiger partial charge >= 0.3 is 12.1 Å². The molecule has 2 N–H and O–H groups in total.